The van der Waals surface area contributed by atoms with Crippen LogP contribution in [0.2, 0.25) is 5.02 Å². The van der Waals surface area contributed by atoms with Crippen molar-refractivity contribution in [2.75, 3.05) is 13.2 Å². The molecule has 2 heterocycles. The first-order valence-corrected chi connectivity index (χ1v) is 14.9. The molecule has 1 saturated heterocycles. The van der Waals surface area contributed by atoms with Crippen LogP contribution >= 0.6 is 11.6 Å². The fourth-order valence-corrected chi connectivity index (χ4v) is 8.07. The van der Waals surface area contributed by atoms with E-state index in [0.717, 1.165) is 15.4 Å². The number of halogens is 1. The molecule has 10 heteroatoms. The minimum Gasteiger partial charge on any atom is -0.464 e. The van der Waals surface area contributed by atoms with Gasteiger partial charge in [0.2, 0.25) is 10.0 Å². The van der Waals surface area contributed by atoms with Crippen LogP contribution in [0.3, 0.4) is 0 Å². The minimum atomic E-state index is -4.58. The first kappa shape index (κ1) is 28.3. The van der Waals surface area contributed by atoms with Crippen molar-refractivity contribution in [3.8, 4) is 0 Å². The third-order valence-corrected chi connectivity index (χ3v) is 9.85. The Morgan fingerprint density at radius 3 is 2.17 bits per heavy atom. The highest BCUT2D eigenvalue weighted by atomic mass is 35.5. The summed E-state index contributed by atoms with van der Waals surface area (Å²) in [7, 11) is -4.58. The van der Waals surface area contributed by atoms with Gasteiger partial charge in [-0.2, -0.15) is 4.31 Å². The molecule has 0 unspecified atom stereocenters. The summed E-state index contributed by atoms with van der Waals surface area (Å²) in [5.41, 5.74) is -1.80. The lowest BCUT2D eigenvalue weighted by Crippen LogP contribution is -2.68. The Morgan fingerprint density at radius 1 is 0.950 bits per heavy atom. The van der Waals surface area contributed by atoms with E-state index in [1.807, 2.05) is 19.1 Å². The minimum absolute atomic E-state index is 0.0599. The van der Waals surface area contributed by atoms with Crippen molar-refractivity contribution in [2.24, 2.45) is 0 Å². The van der Waals surface area contributed by atoms with Gasteiger partial charge in [-0.15, -0.1) is 0 Å². The van der Waals surface area contributed by atoms with Gasteiger partial charge in [-0.1, -0.05) is 71.8 Å². The molecule has 0 N–H and O–H groups in total. The van der Waals surface area contributed by atoms with Gasteiger partial charge in [-0.05, 0) is 55.7 Å². The molecular weight excluding hydrogens is 554 g/mol. The second-order valence-corrected chi connectivity index (χ2v) is 12.0. The van der Waals surface area contributed by atoms with Crippen LogP contribution in [0, 0.1) is 6.92 Å². The summed E-state index contributed by atoms with van der Waals surface area (Å²) in [6.07, 6.45) is -0.0868. The smallest absolute Gasteiger partial charge is 0.342 e. The molecule has 40 heavy (non-hydrogen) atoms. The van der Waals surface area contributed by atoms with Crippen molar-refractivity contribution in [1.29, 1.82) is 0 Å². The van der Waals surface area contributed by atoms with E-state index in [4.69, 9.17) is 25.8 Å². The molecule has 0 amide bonds. The molecule has 3 aromatic carbocycles. The fourth-order valence-electron chi connectivity index (χ4n) is 5.92. The number of fused-ring (bicyclic) bond motifs is 2. The zero-order valence-electron chi connectivity index (χ0n) is 22.4. The fraction of sp³-hybridized carbons (Fsp3) is 0.333. The van der Waals surface area contributed by atoms with E-state index < -0.39 is 39.1 Å². The van der Waals surface area contributed by atoms with Crippen molar-refractivity contribution in [2.45, 2.75) is 55.9 Å². The van der Waals surface area contributed by atoms with E-state index in [1.165, 1.54) is 12.1 Å². The second kappa shape index (κ2) is 10.6. The molecule has 2 atom stereocenters. The molecule has 3 aromatic rings. The maximum absolute atomic E-state index is 14.7. The summed E-state index contributed by atoms with van der Waals surface area (Å²) < 4.78 is 47.9. The number of hydrogen-bond acceptors (Lipinski definition) is 7. The van der Waals surface area contributed by atoms with Crippen LogP contribution in [-0.2, 0) is 46.0 Å². The first-order chi connectivity index (χ1) is 19.1. The van der Waals surface area contributed by atoms with Crippen LogP contribution < -0.4 is 0 Å². The number of benzene rings is 3. The molecule has 0 aromatic heterocycles. The van der Waals surface area contributed by atoms with Crippen molar-refractivity contribution in [3.63, 3.8) is 0 Å². The summed E-state index contributed by atoms with van der Waals surface area (Å²) in [6.45, 7) is 4.86. The molecule has 5 rings (SSSR count). The lowest BCUT2D eigenvalue weighted by Gasteiger charge is -2.42. The topological polar surface area (TPSA) is 99.2 Å². The Balaban J connectivity index is 1.92. The van der Waals surface area contributed by atoms with Gasteiger partial charge in [0, 0.05) is 11.4 Å². The Hall–Kier alpha value is -3.24. The summed E-state index contributed by atoms with van der Waals surface area (Å²) in [6, 6.07) is 19.0. The number of carbonyl (C=O) groups excluding carboxylic acids is 2. The normalized spacial score (nSPS) is 21.8. The number of esters is 2. The first-order valence-electron chi connectivity index (χ1n) is 13.1. The Labute approximate surface area is 238 Å². The van der Waals surface area contributed by atoms with Crippen LogP contribution in [0.5, 0.6) is 0 Å². The van der Waals surface area contributed by atoms with E-state index in [1.54, 1.807) is 62.4 Å². The average Bonchev–Trinajstić information content (AvgIpc) is 3.47. The van der Waals surface area contributed by atoms with Crippen LogP contribution in [-0.4, -0.2) is 43.4 Å². The molecule has 0 radical (unpaired) electrons. The van der Waals surface area contributed by atoms with Gasteiger partial charge < -0.3 is 14.2 Å². The van der Waals surface area contributed by atoms with Gasteiger partial charge >= 0.3 is 11.9 Å². The summed E-state index contributed by atoms with van der Waals surface area (Å²) in [5, 5.41) is 0.279. The second-order valence-electron chi connectivity index (χ2n) is 9.78. The maximum atomic E-state index is 14.7. The third kappa shape index (κ3) is 4.06. The third-order valence-electron chi connectivity index (χ3n) is 7.59. The highest BCUT2D eigenvalue weighted by molar-refractivity contribution is 7.89. The number of aryl methyl sites for hydroxylation is 1. The monoisotopic (exact) mass is 583 g/mol. The quantitative estimate of drug-likeness (QED) is 0.283. The summed E-state index contributed by atoms with van der Waals surface area (Å²) >= 11 is 6.66. The number of rotatable bonds is 7. The molecule has 210 valence electrons. The summed E-state index contributed by atoms with van der Waals surface area (Å²) in [4.78, 5) is 28.5. The maximum Gasteiger partial charge on any atom is 0.342 e. The van der Waals surface area contributed by atoms with Gasteiger partial charge in [0.1, 0.15) is 5.60 Å². The molecule has 0 aliphatic carbocycles. The SMILES string of the molecule is CCOC(=O)C1(C(=O)OCC)N(S(=O)(=O)c2ccc(C)cc2)[C@@H](c2ccccc2Cl)C[C@@]12OCc1ccccc12. The molecule has 2 aliphatic rings. The molecule has 1 fully saturated rings. The zero-order chi connectivity index (χ0) is 28.7. The van der Waals surface area contributed by atoms with E-state index in [2.05, 4.69) is 0 Å². The number of hydrogen-bond donors (Lipinski definition) is 0. The zero-order valence-corrected chi connectivity index (χ0v) is 24.0. The molecule has 8 nitrogen and oxygen atoms in total. The number of sulfonamides is 1. The predicted octanol–water partition coefficient (Wildman–Crippen LogP) is 5.07. The van der Waals surface area contributed by atoms with Crippen LogP contribution in [0.4, 0.5) is 0 Å². The molecule has 0 saturated carbocycles. The summed E-state index contributed by atoms with van der Waals surface area (Å²) in [5.74, 6) is -2.15. The number of ether oxygens (including phenoxy) is 3. The Morgan fingerprint density at radius 2 is 1.55 bits per heavy atom. The van der Waals surface area contributed by atoms with Crippen LogP contribution in [0.1, 0.15) is 48.6 Å². The van der Waals surface area contributed by atoms with Crippen molar-refractivity contribution < 1.29 is 32.2 Å². The number of nitrogens with zero attached hydrogens (tertiary/aromatic N) is 1. The van der Waals surface area contributed by atoms with Crippen LogP contribution in [0.15, 0.2) is 77.7 Å². The van der Waals surface area contributed by atoms with Crippen molar-refractivity contribution in [3.05, 3.63) is 100 Å². The van der Waals surface area contributed by atoms with E-state index >= 15 is 0 Å². The molecule has 2 aliphatic heterocycles. The number of carbonyl (C=O) groups is 2. The van der Waals surface area contributed by atoms with Gasteiger partial charge in [0.05, 0.1) is 30.8 Å². The predicted molar refractivity (Wildman–Crippen MR) is 148 cm³/mol. The van der Waals surface area contributed by atoms with Gasteiger partial charge in [0.25, 0.3) is 5.54 Å². The van der Waals surface area contributed by atoms with Crippen molar-refractivity contribution in [1.82, 2.24) is 4.31 Å². The lowest BCUT2D eigenvalue weighted by atomic mass is 9.74. The van der Waals surface area contributed by atoms with E-state index in [0.29, 0.717) is 11.1 Å². The largest absolute Gasteiger partial charge is 0.464 e. The highest BCUT2D eigenvalue weighted by Crippen LogP contribution is 2.62. The highest BCUT2D eigenvalue weighted by Gasteiger charge is 2.79. The standard InChI is InChI=1S/C30H30ClNO7S/c1-4-37-27(33)30(28(34)38-5-2)29(24-12-8-6-10-21(24)19-39-29)18-26(23-11-7-9-13-25(23)31)32(30)40(35,36)22-16-14-20(3)15-17-22/h6-17,26H,4-5,18-19H2,1-3H3/t26-,29+/m1/s1. The van der Waals surface area contributed by atoms with E-state index in [9.17, 15) is 18.0 Å². The van der Waals surface area contributed by atoms with E-state index in [-0.39, 0.29) is 36.2 Å². The lowest BCUT2D eigenvalue weighted by molar-refractivity contribution is -0.190. The Bertz CT molecular complexity index is 1540. The molecule has 1 spiro atoms. The Kier molecular flexibility index (Phi) is 7.52. The van der Waals surface area contributed by atoms with Gasteiger partial charge in [0.15, 0.2) is 0 Å². The molecular formula is C30H30ClNO7S. The average molecular weight is 584 g/mol. The molecule has 0 bridgehead atoms. The van der Waals surface area contributed by atoms with Gasteiger partial charge in [-0.3, -0.25) is 0 Å². The van der Waals surface area contributed by atoms with Crippen LogP contribution in [0.25, 0.3) is 0 Å². The van der Waals surface area contributed by atoms with Crippen molar-refractivity contribution >= 4 is 33.6 Å². The van der Waals surface area contributed by atoms with Gasteiger partial charge in [-0.25, -0.2) is 18.0 Å².